The summed E-state index contributed by atoms with van der Waals surface area (Å²) in [4.78, 5) is 4.88. The number of hydrogen-bond donors (Lipinski definition) is 0. The molecule has 2 heterocycles. The number of aryl methyl sites for hydroxylation is 2. The summed E-state index contributed by atoms with van der Waals surface area (Å²) in [6, 6.07) is 23.3. The molecule has 0 N–H and O–H groups in total. The van der Waals surface area contributed by atoms with Gasteiger partial charge in [-0.15, -0.1) is 11.3 Å². The fourth-order valence-electron chi connectivity index (χ4n) is 3.84. The molecule has 1 aromatic heterocycles. The van der Waals surface area contributed by atoms with Gasteiger partial charge in [0.1, 0.15) is 5.82 Å². The first kappa shape index (κ1) is 19.6. The van der Waals surface area contributed by atoms with Gasteiger partial charge in [-0.1, -0.05) is 54.6 Å². The summed E-state index contributed by atoms with van der Waals surface area (Å²) in [6.07, 6.45) is 0.744. The van der Waals surface area contributed by atoms with Gasteiger partial charge >= 0.3 is 0 Å². The summed E-state index contributed by atoms with van der Waals surface area (Å²) >= 11 is 1.58. The minimum atomic E-state index is -0.232. The molecular formula is C26H22FN3S. The summed E-state index contributed by atoms with van der Waals surface area (Å²) in [5, 5.41) is 9.89. The van der Waals surface area contributed by atoms with E-state index in [1.165, 1.54) is 23.3 Å². The number of hydrazone groups is 1. The van der Waals surface area contributed by atoms with Crippen LogP contribution in [0.25, 0.3) is 11.3 Å². The van der Waals surface area contributed by atoms with E-state index >= 15 is 0 Å². The molecule has 0 fully saturated rings. The molecule has 5 rings (SSSR count). The van der Waals surface area contributed by atoms with Crippen molar-refractivity contribution in [1.29, 1.82) is 0 Å². The van der Waals surface area contributed by atoms with Crippen LogP contribution in [-0.2, 0) is 0 Å². The smallest absolute Gasteiger partial charge is 0.207 e. The van der Waals surface area contributed by atoms with Crippen molar-refractivity contribution in [1.82, 2.24) is 4.98 Å². The number of halogens is 1. The largest absolute Gasteiger partial charge is 0.231 e. The molecule has 1 unspecified atom stereocenters. The Morgan fingerprint density at radius 1 is 0.903 bits per heavy atom. The maximum atomic E-state index is 13.6. The fraction of sp³-hybridized carbons (Fsp3) is 0.154. The highest BCUT2D eigenvalue weighted by Gasteiger charge is 2.32. The average molecular weight is 428 g/mol. The minimum Gasteiger partial charge on any atom is -0.231 e. The molecule has 3 aromatic carbocycles. The van der Waals surface area contributed by atoms with E-state index in [4.69, 9.17) is 10.1 Å². The molecular weight excluding hydrogens is 405 g/mol. The number of benzene rings is 3. The molecule has 5 heteroatoms. The highest BCUT2D eigenvalue weighted by atomic mass is 32.1. The van der Waals surface area contributed by atoms with Gasteiger partial charge in [0.25, 0.3) is 0 Å². The van der Waals surface area contributed by atoms with Crippen LogP contribution in [0, 0.1) is 19.7 Å². The predicted molar refractivity (Wildman–Crippen MR) is 126 cm³/mol. The molecule has 3 nitrogen and oxygen atoms in total. The van der Waals surface area contributed by atoms with E-state index in [1.807, 2.05) is 35.3 Å². The van der Waals surface area contributed by atoms with Gasteiger partial charge in [0.2, 0.25) is 5.13 Å². The number of hydrogen-bond acceptors (Lipinski definition) is 4. The third-order valence-corrected chi connectivity index (χ3v) is 6.59. The van der Waals surface area contributed by atoms with Gasteiger partial charge in [-0.25, -0.2) is 14.4 Å². The van der Waals surface area contributed by atoms with Crippen molar-refractivity contribution < 1.29 is 4.39 Å². The van der Waals surface area contributed by atoms with Crippen LogP contribution in [0.2, 0.25) is 0 Å². The maximum absolute atomic E-state index is 13.6. The summed E-state index contributed by atoms with van der Waals surface area (Å²) in [5.41, 5.74) is 7.71. The average Bonchev–Trinajstić information content (AvgIpc) is 3.44. The minimum absolute atomic E-state index is 0.0213. The summed E-state index contributed by atoms with van der Waals surface area (Å²) in [7, 11) is 0. The van der Waals surface area contributed by atoms with Crippen molar-refractivity contribution in [3.63, 3.8) is 0 Å². The van der Waals surface area contributed by atoms with Crippen LogP contribution >= 0.6 is 11.3 Å². The van der Waals surface area contributed by atoms with Crippen molar-refractivity contribution in [3.8, 4) is 11.3 Å². The van der Waals surface area contributed by atoms with Crippen molar-refractivity contribution in [2.75, 3.05) is 5.01 Å². The SMILES string of the molecule is Cc1ccc(C2=NN(c3nc(-c4ccccc4)cs3)C(c3ccc(F)cc3)C2)cc1C. The van der Waals surface area contributed by atoms with Crippen LogP contribution in [0.5, 0.6) is 0 Å². The van der Waals surface area contributed by atoms with E-state index in [0.29, 0.717) is 0 Å². The molecule has 31 heavy (non-hydrogen) atoms. The Morgan fingerprint density at radius 3 is 2.42 bits per heavy atom. The summed E-state index contributed by atoms with van der Waals surface area (Å²) < 4.78 is 13.6. The Balaban J connectivity index is 1.55. The topological polar surface area (TPSA) is 28.5 Å². The summed E-state index contributed by atoms with van der Waals surface area (Å²) in [6.45, 7) is 4.24. The Bertz CT molecular complexity index is 1250. The molecule has 1 aliphatic heterocycles. The highest BCUT2D eigenvalue weighted by molar-refractivity contribution is 7.14. The number of aromatic nitrogens is 1. The van der Waals surface area contributed by atoms with E-state index in [9.17, 15) is 4.39 Å². The number of thiazole rings is 1. The van der Waals surface area contributed by atoms with Crippen LogP contribution in [0.3, 0.4) is 0 Å². The second kappa shape index (κ2) is 8.08. The van der Waals surface area contributed by atoms with Gasteiger partial charge in [-0.2, -0.15) is 5.10 Å². The fourth-order valence-corrected chi connectivity index (χ4v) is 4.67. The zero-order chi connectivity index (χ0) is 21.4. The number of anilines is 1. The van der Waals surface area contributed by atoms with Crippen molar-refractivity contribution >= 4 is 22.2 Å². The quantitative estimate of drug-likeness (QED) is 0.354. The van der Waals surface area contributed by atoms with Crippen molar-refractivity contribution in [2.24, 2.45) is 5.10 Å². The van der Waals surface area contributed by atoms with Gasteiger partial charge in [0.05, 0.1) is 17.4 Å². The zero-order valence-corrected chi connectivity index (χ0v) is 18.2. The van der Waals surface area contributed by atoms with E-state index in [2.05, 4.69) is 49.6 Å². The normalized spacial score (nSPS) is 15.9. The first-order valence-electron chi connectivity index (χ1n) is 10.3. The Labute approximate surface area is 185 Å². The number of nitrogens with zero attached hydrogens (tertiary/aromatic N) is 3. The first-order chi connectivity index (χ1) is 15.1. The molecule has 0 radical (unpaired) electrons. The number of rotatable bonds is 4. The molecule has 1 aliphatic rings. The lowest BCUT2D eigenvalue weighted by molar-refractivity contribution is 0.624. The first-order valence-corrected chi connectivity index (χ1v) is 11.2. The second-order valence-corrected chi connectivity index (χ2v) is 8.68. The molecule has 1 atom stereocenters. The molecule has 0 amide bonds. The lowest BCUT2D eigenvalue weighted by atomic mass is 9.96. The Morgan fingerprint density at radius 2 is 1.68 bits per heavy atom. The van der Waals surface area contributed by atoms with Gasteiger partial charge in [-0.05, 0) is 54.3 Å². The predicted octanol–water partition coefficient (Wildman–Crippen LogP) is 6.92. The monoisotopic (exact) mass is 427 g/mol. The lowest BCUT2D eigenvalue weighted by Gasteiger charge is -2.21. The molecule has 0 spiro atoms. The standard InChI is InChI=1S/C26H22FN3S/c1-17-8-9-21(14-18(17)2)23-15-25(20-10-12-22(27)13-11-20)30(29-23)26-28-24(16-31-26)19-6-4-3-5-7-19/h3-14,16,25H,15H2,1-2H3. The third kappa shape index (κ3) is 3.89. The van der Waals surface area contributed by atoms with Crippen LogP contribution < -0.4 is 5.01 Å². The van der Waals surface area contributed by atoms with Crippen molar-refractivity contribution in [2.45, 2.75) is 26.3 Å². The molecule has 4 aromatic rings. The van der Waals surface area contributed by atoms with E-state index in [-0.39, 0.29) is 11.9 Å². The molecule has 0 saturated carbocycles. The van der Waals surface area contributed by atoms with E-state index < -0.39 is 0 Å². The van der Waals surface area contributed by atoms with Crippen LogP contribution in [0.1, 0.15) is 34.7 Å². The summed E-state index contributed by atoms with van der Waals surface area (Å²) in [5.74, 6) is -0.232. The molecule has 154 valence electrons. The zero-order valence-electron chi connectivity index (χ0n) is 17.4. The van der Waals surface area contributed by atoms with E-state index in [1.54, 1.807) is 11.3 Å². The van der Waals surface area contributed by atoms with E-state index in [0.717, 1.165) is 39.6 Å². The Kier molecular flexibility index (Phi) is 5.12. The third-order valence-electron chi connectivity index (χ3n) is 5.76. The van der Waals surface area contributed by atoms with Crippen molar-refractivity contribution in [3.05, 3.63) is 106 Å². The van der Waals surface area contributed by atoms with Gasteiger partial charge in [0, 0.05) is 17.4 Å². The molecule has 0 saturated heterocycles. The molecule has 0 bridgehead atoms. The van der Waals surface area contributed by atoms with Gasteiger partial charge in [0.15, 0.2) is 0 Å². The highest BCUT2D eigenvalue weighted by Crippen LogP contribution is 2.39. The maximum Gasteiger partial charge on any atom is 0.207 e. The van der Waals surface area contributed by atoms with Crippen LogP contribution in [0.15, 0.2) is 83.3 Å². The second-order valence-electron chi connectivity index (χ2n) is 7.84. The van der Waals surface area contributed by atoms with Gasteiger partial charge in [-0.3, -0.25) is 0 Å². The molecule has 0 aliphatic carbocycles. The lowest BCUT2D eigenvalue weighted by Crippen LogP contribution is -2.18. The van der Waals surface area contributed by atoms with Gasteiger partial charge < -0.3 is 0 Å². The van der Waals surface area contributed by atoms with Crippen LogP contribution in [0.4, 0.5) is 9.52 Å². The van der Waals surface area contributed by atoms with Crippen LogP contribution in [-0.4, -0.2) is 10.7 Å². The Hall–Kier alpha value is -3.31.